The van der Waals surface area contributed by atoms with E-state index < -0.39 is 0 Å². The first-order valence-corrected chi connectivity index (χ1v) is 6.45. The first-order valence-electron chi connectivity index (χ1n) is 6.45. The van der Waals surface area contributed by atoms with Gasteiger partial charge in [0.2, 0.25) is 5.91 Å². The predicted octanol–water partition coefficient (Wildman–Crippen LogP) is 2.86. The van der Waals surface area contributed by atoms with E-state index in [0.29, 0.717) is 11.8 Å². The summed E-state index contributed by atoms with van der Waals surface area (Å²) in [6, 6.07) is 8.43. The summed E-state index contributed by atoms with van der Waals surface area (Å²) in [5, 5.41) is 0. The van der Waals surface area contributed by atoms with Crippen molar-refractivity contribution in [1.82, 2.24) is 4.90 Å². The van der Waals surface area contributed by atoms with Gasteiger partial charge in [0.1, 0.15) is 0 Å². The average Bonchev–Trinajstić information content (AvgIpc) is 2.36. The lowest BCUT2D eigenvalue weighted by Gasteiger charge is -2.32. The van der Waals surface area contributed by atoms with E-state index in [-0.39, 0.29) is 5.92 Å². The maximum absolute atomic E-state index is 12.3. The summed E-state index contributed by atoms with van der Waals surface area (Å²) >= 11 is 0. The van der Waals surface area contributed by atoms with E-state index in [4.69, 9.17) is 0 Å². The number of carbonyl (C=O) groups is 1. The summed E-state index contributed by atoms with van der Waals surface area (Å²) in [4.78, 5) is 14.3. The Kier molecular flexibility index (Phi) is 3.51. The highest BCUT2D eigenvalue weighted by Gasteiger charge is 2.25. The summed E-state index contributed by atoms with van der Waals surface area (Å²) < 4.78 is 0. The third kappa shape index (κ3) is 2.51. The van der Waals surface area contributed by atoms with Crippen LogP contribution in [0.2, 0.25) is 0 Å². The van der Waals surface area contributed by atoms with Crippen molar-refractivity contribution < 1.29 is 4.79 Å². The third-order valence-corrected chi connectivity index (χ3v) is 3.83. The lowest BCUT2D eigenvalue weighted by molar-refractivity contribution is -0.137. The van der Waals surface area contributed by atoms with Gasteiger partial charge in [-0.1, -0.05) is 45.0 Å². The second-order valence-electron chi connectivity index (χ2n) is 5.31. The number of fused-ring (bicyclic) bond motifs is 1. The van der Waals surface area contributed by atoms with Crippen LogP contribution in [0.15, 0.2) is 24.3 Å². The fraction of sp³-hybridized carbons (Fsp3) is 0.533. The molecule has 2 rings (SSSR count). The molecule has 0 radical (unpaired) electrons. The number of hydrogen-bond acceptors (Lipinski definition) is 1. The summed E-state index contributed by atoms with van der Waals surface area (Å²) in [6.45, 7) is 7.91. The minimum Gasteiger partial charge on any atom is -0.338 e. The number of benzene rings is 1. The van der Waals surface area contributed by atoms with Crippen LogP contribution in [0, 0.1) is 11.8 Å². The fourth-order valence-corrected chi connectivity index (χ4v) is 2.26. The lowest BCUT2D eigenvalue weighted by atomic mass is 9.94. The monoisotopic (exact) mass is 231 g/mol. The highest BCUT2D eigenvalue weighted by Crippen LogP contribution is 2.22. The Bertz CT molecular complexity index is 411. The molecular weight excluding hydrogens is 210 g/mol. The Hall–Kier alpha value is -1.31. The number of hydrogen-bond donors (Lipinski definition) is 0. The molecule has 0 N–H and O–H groups in total. The summed E-state index contributed by atoms with van der Waals surface area (Å²) in [5.74, 6) is 0.842. The molecule has 2 nitrogen and oxygen atoms in total. The predicted molar refractivity (Wildman–Crippen MR) is 69.6 cm³/mol. The molecule has 1 aromatic rings. The highest BCUT2D eigenvalue weighted by molar-refractivity contribution is 5.79. The second kappa shape index (κ2) is 4.91. The van der Waals surface area contributed by atoms with Crippen molar-refractivity contribution in [3.8, 4) is 0 Å². The zero-order valence-electron chi connectivity index (χ0n) is 10.9. The molecule has 0 saturated carbocycles. The van der Waals surface area contributed by atoms with E-state index in [1.807, 2.05) is 11.8 Å². The van der Waals surface area contributed by atoms with Crippen molar-refractivity contribution in [1.29, 1.82) is 0 Å². The van der Waals surface area contributed by atoms with Gasteiger partial charge in [0.25, 0.3) is 0 Å². The molecule has 0 aromatic heterocycles. The van der Waals surface area contributed by atoms with Crippen LogP contribution in [0.3, 0.4) is 0 Å². The molecular formula is C15H21NO. The lowest BCUT2D eigenvalue weighted by Crippen LogP contribution is -2.40. The maximum atomic E-state index is 12.3. The first kappa shape index (κ1) is 12.2. The number of nitrogens with zero attached hydrogens (tertiary/aromatic N) is 1. The molecule has 1 aromatic carbocycles. The zero-order valence-corrected chi connectivity index (χ0v) is 10.9. The molecule has 92 valence electrons. The Balaban J connectivity index is 2.10. The fourth-order valence-electron chi connectivity index (χ4n) is 2.26. The standard InChI is InChI=1S/C15H21NO/c1-11(2)12(3)15(17)16-9-8-13-6-4-5-7-14(13)10-16/h4-7,11-12H,8-10H2,1-3H3. The van der Waals surface area contributed by atoms with Gasteiger partial charge in [0, 0.05) is 19.0 Å². The van der Waals surface area contributed by atoms with Gasteiger partial charge in [-0.25, -0.2) is 0 Å². The van der Waals surface area contributed by atoms with Crippen molar-refractivity contribution in [3.63, 3.8) is 0 Å². The Morgan fingerprint density at radius 3 is 2.47 bits per heavy atom. The van der Waals surface area contributed by atoms with Gasteiger partial charge in [-0.05, 0) is 23.5 Å². The van der Waals surface area contributed by atoms with Gasteiger partial charge in [-0.15, -0.1) is 0 Å². The molecule has 1 aliphatic heterocycles. The molecule has 1 aliphatic rings. The van der Waals surface area contributed by atoms with E-state index in [0.717, 1.165) is 19.5 Å². The smallest absolute Gasteiger partial charge is 0.225 e. The molecule has 0 saturated heterocycles. The van der Waals surface area contributed by atoms with Crippen LogP contribution in [-0.2, 0) is 17.8 Å². The molecule has 0 bridgehead atoms. The SMILES string of the molecule is CC(C)C(C)C(=O)N1CCc2ccccc2C1. The van der Waals surface area contributed by atoms with Crippen LogP contribution >= 0.6 is 0 Å². The van der Waals surface area contributed by atoms with E-state index in [9.17, 15) is 4.79 Å². The highest BCUT2D eigenvalue weighted by atomic mass is 16.2. The van der Waals surface area contributed by atoms with Crippen LogP contribution in [0.1, 0.15) is 31.9 Å². The first-order chi connectivity index (χ1) is 8.09. The molecule has 0 spiro atoms. The molecule has 0 aliphatic carbocycles. The second-order valence-corrected chi connectivity index (χ2v) is 5.31. The molecule has 1 heterocycles. The van der Waals surface area contributed by atoms with Crippen LogP contribution in [0.5, 0.6) is 0 Å². The molecule has 1 amide bonds. The average molecular weight is 231 g/mol. The summed E-state index contributed by atoms with van der Waals surface area (Å²) in [7, 11) is 0. The van der Waals surface area contributed by atoms with Crippen molar-refractivity contribution in [2.75, 3.05) is 6.54 Å². The Morgan fingerprint density at radius 1 is 1.18 bits per heavy atom. The van der Waals surface area contributed by atoms with Crippen molar-refractivity contribution >= 4 is 5.91 Å². The number of rotatable bonds is 2. The molecule has 0 fully saturated rings. The van der Waals surface area contributed by atoms with Gasteiger partial charge >= 0.3 is 0 Å². The summed E-state index contributed by atoms with van der Waals surface area (Å²) in [6.07, 6.45) is 0.993. The molecule has 2 heteroatoms. The Morgan fingerprint density at radius 2 is 1.82 bits per heavy atom. The van der Waals surface area contributed by atoms with Crippen molar-refractivity contribution in [2.45, 2.75) is 33.7 Å². The molecule has 1 atom stereocenters. The topological polar surface area (TPSA) is 20.3 Å². The van der Waals surface area contributed by atoms with E-state index in [2.05, 4.69) is 38.1 Å². The van der Waals surface area contributed by atoms with Crippen LogP contribution in [-0.4, -0.2) is 17.4 Å². The van der Waals surface area contributed by atoms with Gasteiger partial charge in [0.05, 0.1) is 0 Å². The third-order valence-electron chi connectivity index (χ3n) is 3.83. The van der Waals surface area contributed by atoms with Gasteiger partial charge in [-0.3, -0.25) is 4.79 Å². The van der Waals surface area contributed by atoms with Crippen molar-refractivity contribution in [2.24, 2.45) is 11.8 Å². The van der Waals surface area contributed by atoms with Crippen molar-refractivity contribution in [3.05, 3.63) is 35.4 Å². The van der Waals surface area contributed by atoms with E-state index in [1.165, 1.54) is 11.1 Å². The number of carbonyl (C=O) groups excluding carboxylic acids is 1. The number of amides is 1. The van der Waals surface area contributed by atoms with E-state index >= 15 is 0 Å². The largest absolute Gasteiger partial charge is 0.338 e. The molecule has 17 heavy (non-hydrogen) atoms. The zero-order chi connectivity index (χ0) is 12.4. The van der Waals surface area contributed by atoms with E-state index in [1.54, 1.807) is 0 Å². The molecule has 1 unspecified atom stereocenters. The quantitative estimate of drug-likeness (QED) is 0.766. The van der Waals surface area contributed by atoms with Crippen LogP contribution in [0.4, 0.5) is 0 Å². The minimum atomic E-state index is 0.125. The minimum absolute atomic E-state index is 0.125. The van der Waals surface area contributed by atoms with Gasteiger partial charge < -0.3 is 4.90 Å². The van der Waals surface area contributed by atoms with Crippen LogP contribution in [0.25, 0.3) is 0 Å². The van der Waals surface area contributed by atoms with Gasteiger partial charge in [-0.2, -0.15) is 0 Å². The van der Waals surface area contributed by atoms with Crippen LogP contribution < -0.4 is 0 Å². The van der Waals surface area contributed by atoms with Gasteiger partial charge in [0.15, 0.2) is 0 Å². The maximum Gasteiger partial charge on any atom is 0.225 e. The normalized spacial score (nSPS) is 16.8. The summed E-state index contributed by atoms with van der Waals surface area (Å²) in [5.41, 5.74) is 2.71. The Labute approximate surface area is 104 Å².